The molecule has 0 unspecified atom stereocenters. The van der Waals surface area contributed by atoms with Gasteiger partial charge in [0, 0.05) is 0 Å². The van der Waals surface area contributed by atoms with Crippen molar-refractivity contribution in [3.8, 4) is 0 Å². The second kappa shape index (κ2) is 13.9. The topological polar surface area (TPSA) is 222 Å². The predicted molar refractivity (Wildman–Crippen MR) is 142 cm³/mol. The van der Waals surface area contributed by atoms with E-state index in [-0.39, 0.29) is 27.3 Å². The zero-order chi connectivity index (χ0) is 27.8. The second-order valence-corrected chi connectivity index (χ2v) is 8.19. The van der Waals surface area contributed by atoms with Crippen molar-refractivity contribution in [2.24, 2.45) is 0 Å². The van der Waals surface area contributed by atoms with E-state index in [1.165, 1.54) is 0 Å². The normalized spacial score (nSPS) is 10.4. The van der Waals surface area contributed by atoms with E-state index in [4.69, 9.17) is 45.6 Å². The Hall–Kier alpha value is -4.65. The number of hydrogen-bond acceptors (Lipinski definition) is 10. The van der Waals surface area contributed by atoms with Crippen LogP contribution in [0.15, 0.2) is 72.8 Å². The molecule has 15 nitrogen and oxygen atoms in total. The maximum Gasteiger partial charge on any atom is 2.00 e. The summed E-state index contributed by atoms with van der Waals surface area (Å²) in [5, 5.41) is 29.5. The van der Waals surface area contributed by atoms with E-state index in [1.807, 2.05) is 54.6 Å². The molecule has 0 spiro atoms. The van der Waals surface area contributed by atoms with E-state index < -0.39 is 10.2 Å². The molecule has 0 saturated heterocycles. The van der Waals surface area contributed by atoms with E-state index in [0.717, 1.165) is 50.6 Å². The molecule has 3 N–H and O–H groups in total. The maximum atomic E-state index is 8.25. The zero-order valence-corrected chi connectivity index (χ0v) is 24.9. The van der Waals surface area contributed by atoms with Crippen LogP contribution in [0.4, 0.5) is 0 Å². The van der Waals surface area contributed by atoms with Gasteiger partial charge in [0.05, 0.1) is 62.9 Å². The number of hydrogen-bond donors (Lipinski definition) is 3. The quantitative estimate of drug-likeness (QED) is 0.134. The van der Waals surface area contributed by atoms with Crippen LogP contribution in [0.3, 0.4) is 0 Å². The largest absolute Gasteiger partial charge is 2.00 e. The number of para-hydroxylation sites is 6. The molecule has 0 radical (unpaired) electrons. The SMILES string of the molecule is O=[N+]([O-])[O-].O=[N+]([O-])[O-].[Cd+2].c1ccc2[nH]c(CN(Cc3nc4ccccc4[nH]3)Cc3nc4ccccc4[nH]3)nc2c1. The molecule has 0 bridgehead atoms. The van der Waals surface area contributed by atoms with E-state index in [2.05, 4.69) is 38.1 Å². The van der Waals surface area contributed by atoms with Crippen LogP contribution in [0.1, 0.15) is 17.5 Å². The standard InChI is InChI=1S/C24H21N7.Cd.2NO3/c1-2-8-17-16(7-1)25-22(26-17)13-31(14-23-27-18-9-3-4-10-19(18)28-23)15-24-29-20-11-5-6-12-21(20)30-24;;2*2-1(3)4/h1-12H,13-15H2,(H,25,26)(H,27,28)(H,29,30);;;/q;+2;2*-1. The third-order valence-electron chi connectivity index (χ3n) is 5.44. The molecule has 6 rings (SSSR count). The smallest absolute Gasteiger partial charge is 0.356 e. The van der Waals surface area contributed by atoms with Crippen LogP contribution in [0.5, 0.6) is 0 Å². The summed E-state index contributed by atoms with van der Waals surface area (Å²) in [6.07, 6.45) is 0. The van der Waals surface area contributed by atoms with Crippen molar-refractivity contribution in [3.05, 3.63) is 121 Å². The molecule has 6 aromatic rings. The Labute approximate surface area is 245 Å². The van der Waals surface area contributed by atoms with Gasteiger partial charge < -0.3 is 45.6 Å². The van der Waals surface area contributed by atoms with Crippen molar-refractivity contribution in [3.63, 3.8) is 0 Å². The van der Waals surface area contributed by atoms with Crippen molar-refractivity contribution in [1.29, 1.82) is 0 Å². The van der Waals surface area contributed by atoms with Gasteiger partial charge in [-0.1, -0.05) is 36.4 Å². The molecule has 0 aliphatic rings. The number of aromatic amines is 3. The Morgan fingerprint density at radius 1 is 0.550 bits per heavy atom. The first kappa shape index (κ1) is 29.9. The van der Waals surface area contributed by atoms with Crippen LogP contribution in [0.25, 0.3) is 33.1 Å². The molecule has 0 aliphatic carbocycles. The third-order valence-corrected chi connectivity index (χ3v) is 5.44. The molecular weight excluding hydrogens is 623 g/mol. The van der Waals surface area contributed by atoms with Crippen molar-refractivity contribution < 1.29 is 37.5 Å². The Balaban J connectivity index is 0.000000437. The van der Waals surface area contributed by atoms with Gasteiger partial charge >= 0.3 is 27.3 Å². The Bertz CT molecular complexity index is 1420. The monoisotopic (exact) mass is 645 g/mol. The van der Waals surface area contributed by atoms with Crippen LogP contribution in [-0.4, -0.2) is 45.0 Å². The van der Waals surface area contributed by atoms with Crippen molar-refractivity contribution in [1.82, 2.24) is 34.8 Å². The number of fused-ring (bicyclic) bond motifs is 3. The summed E-state index contributed by atoms with van der Waals surface area (Å²) in [6, 6.07) is 24.3. The summed E-state index contributed by atoms with van der Waals surface area (Å²) in [7, 11) is 0. The van der Waals surface area contributed by atoms with E-state index in [1.54, 1.807) is 0 Å². The fraction of sp³-hybridized carbons (Fsp3) is 0.125. The van der Waals surface area contributed by atoms with Crippen LogP contribution < -0.4 is 0 Å². The Kier molecular flexibility index (Phi) is 10.4. The molecule has 0 amide bonds. The summed E-state index contributed by atoms with van der Waals surface area (Å²) in [4.78, 5) is 43.4. The average Bonchev–Trinajstić information content (AvgIpc) is 3.58. The van der Waals surface area contributed by atoms with E-state index in [9.17, 15) is 0 Å². The van der Waals surface area contributed by atoms with Crippen LogP contribution in [0, 0.1) is 30.6 Å². The minimum absolute atomic E-state index is 0. The minimum atomic E-state index is -1.75. The Morgan fingerprint density at radius 2 is 0.800 bits per heavy atom. The van der Waals surface area contributed by atoms with Gasteiger partial charge in [-0.25, -0.2) is 15.0 Å². The number of nitrogens with zero attached hydrogens (tertiary/aromatic N) is 6. The summed E-state index contributed by atoms with van der Waals surface area (Å²) in [5.74, 6) is 2.77. The fourth-order valence-electron chi connectivity index (χ4n) is 4.04. The molecule has 40 heavy (non-hydrogen) atoms. The molecule has 3 aromatic carbocycles. The first-order chi connectivity index (χ1) is 18.8. The molecule has 0 saturated carbocycles. The molecule has 0 fully saturated rings. The number of rotatable bonds is 6. The van der Waals surface area contributed by atoms with Crippen molar-refractivity contribution in [2.75, 3.05) is 0 Å². The number of H-pyrrole nitrogens is 3. The van der Waals surface area contributed by atoms with Crippen LogP contribution in [0.2, 0.25) is 0 Å². The molecular formula is C24H21CdN9O6. The second-order valence-electron chi connectivity index (χ2n) is 8.19. The van der Waals surface area contributed by atoms with Gasteiger partial charge in [-0.3, -0.25) is 4.90 Å². The predicted octanol–water partition coefficient (Wildman–Crippen LogP) is 4.04. The average molecular weight is 644 g/mol. The summed E-state index contributed by atoms with van der Waals surface area (Å²) in [5.41, 5.74) is 6.07. The van der Waals surface area contributed by atoms with Crippen molar-refractivity contribution in [2.45, 2.75) is 19.6 Å². The van der Waals surface area contributed by atoms with Gasteiger partial charge in [0.25, 0.3) is 0 Å². The minimum Gasteiger partial charge on any atom is -0.356 e. The summed E-state index contributed by atoms with van der Waals surface area (Å²) >= 11 is 0. The van der Waals surface area contributed by atoms with Gasteiger partial charge in [-0.05, 0) is 36.4 Å². The number of aromatic nitrogens is 6. The first-order valence-electron chi connectivity index (χ1n) is 11.4. The molecule has 0 atom stereocenters. The summed E-state index contributed by atoms with van der Waals surface area (Å²) in [6.45, 7) is 1.97. The van der Waals surface area contributed by atoms with Crippen LogP contribution in [-0.2, 0) is 46.9 Å². The number of nitrogens with one attached hydrogen (secondary N) is 3. The van der Waals surface area contributed by atoms with Gasteiger partial charge in [0.2, 0.25) is 0 Å². The van der Waals surface area contributed by atoms with Gasteiger partial charge in [0.15, 0.2) is 0 Å². The first-order valence-corrected chi connectivity index (χ1v) is 11.4. The van der Waals surface area contributed by atoms with Gasteiger partial charge in [0.1, 0.15) is 17.5 Å². The van der Waals surface area contributed by atoms with Crippen LogP contribution >= 0.6 is 0 Å². The van der Waals surface area contributed by atoms with Gasteiger partial charge in [-0.2, -0.15) is 0 Å². The van der Waals surface area contributed by atoms with Crippen molar-refractivity contribution >= 4 is 33.1 Å². The number of imidazole rings is 3. The molecule has 200 valence electrons. The molecule has 0 aliphatic heterocycles. The molecule has 3 heterocycles. The van der Waals surface area contributed by atoms with E-state index >= 15 is 0 Å². The molecule has 3 aromatic heterocycles. The summed E-state index contributed by atoms with van der Waals surface area (Å²) < 4.78 is 0. The van der Waals surface area contributed by atoms with E-state index in [0.29, 0.717) is 19.6 Å². The third kappa shape index (κ3) is 8.43. The maximum absolute atomic E-state index is 8.25. The molecule has 16 heteroatoms. The Morgan fingerprint density at radius 3 is 1.05 bits per heavy atom. The number of benzene rings is 3. The van der Waals surface area contributed by atoms with Gasteiger partial charge in [-0.15, -0.1) is 0 Å². The fourth-order valence-corrected chi connectivity index (χ4v) is 4.04. The zero-order valence-electron chi connectivity index (χ0n) is 20.9.